The molecule has 98 valence electrons. The monoisotopic (exact) mass is 280 g/mol. The number of nitrogens with two attached hydrogens (primary N) is 1. The maximum Gasteiger partial charge on any atom is 0.416 e. The van der Waals surface area contributed by atoms with Crippen LogP contribution in [0.5, 0.6) is 0 Å². The van der Waals surface area contributed by atoms with Crippen LogP contribution in [0, 0.1) is 0 Å². The zero-order chi connectivity index (χ0) is 13.8. The number of hydrogen-bond donors (Lipinski definition) is 1. The predicted molar refractivity (Wildman–Crippen MR) is 59.0 cm³/mol. The lowest BCUT2D eigenvalue weighted by molar-refractivity contribution is -0.140. The molecule has 0 aliphatic rings. The SMILES string of the molecule is NC(=NOC(=O)CCl)c1ccc(C(F)(F)F)cc1. The normalized spacial score (nSPS) is 12.3. The van der Waals surface area contributed by atoms with E-state index in [1.165, 1.54) is 0 Å². The average Bonchev–Trinajstić information content (AvgIpc) is 2.34. The number of oxime groups is 1. The fourth-order valence-corrected chi connectivity index (χ4v) is 1.06. The van der Waals surface area contributed by atoms with E-state index in [0.29, 0.717) is 0 Å². The zero-order valence-corrected chi connectivity index (χ0v) is 9.63. The molecule has 0 atom stereocenters. The van der Waals surface area contributed by atoms with Gasteiger partial charge in [-0.2, -0.15) is 13.2 Å². The Labute approximate surface area is 105 Å². The van der Waals surface area contributed by atoms with E-state index in [9.17, 15) is 18.0 Å². The minimum Gasteiger partial charge on any atom is -0.380 e. The molecule has 0 bridgehead atoms. The summed E-state index contributed by atoms with van der Waals surface area (Å²) in [6.45, 7) is 0. The van der Waals surface area contributed by atoms with Crippen LogP contribution in [0.3, 0.4) is 0 Å². The average molecular weight is 281 g/mol. The first kappa shape index (κ1) is 14.3. The molecule has 0 spiro atoms. The van der Waals surface area contributed by atoms with Crippen molar-refractivity contribution in [3.05, 3.63) is 35.4 Å². The van der Waals surface area contributed by atoms with Crippen molar-refractivity contribution in [1.29, 1.82) is 0 Å². The van der Waals surface area contributed by atoms with Gasteiger partial charge in [0.25, 0.3) is 0 Å². The highest BCUT2D eigenvalue weighted by Gasteiger charge is 2.30. The highest BCUT2D eigenvalue weighted by molar-refractivity contribution is 6.26. The molecule has 1 aromatic carbocycles. The summed E-state index contributed by atoms with van der Waals surface area (Å²) in [5.74, 6) is -1.43. The molecule has 1 rings (SSSR count). The second-order valence-electron chi connectivity index (χ2n) is 3.15. The Balaban J connectivity index is 2.82. The molecule has 0 heterocycles. The Bertz CT molecular complexity index is 457. The summed E-state index contributed by atoms with van der Waals surface area (Å²) in [4.78, 5) is 14.9. The van der Waals surface area contributed by atoms with Crippen molar-refractivity contribution < 1.29 is 22.8 Å². The molecule has 8 heteroatoms. The van der Waals surface area contributed by atoms with Crippen molar-refractivity contribution in [2.24, 2.45) is 10.9 Å². The van der Waals surface area contributed by atoms with Crippen molar-refractivity contribution in [1.82, 2.24) is 0 Å². The van der Waals surface area contributed by atoms with Crippen LogP contribution in [0.15, 0.2) is 29.4 Å². The van der Waals surface area contributed by atoms with Gasteiger partial charge in [0.2, 0.25) is 0 Å². The lowest BCUT2D eigenvalue weighted by Gasteiger charge is -2.07. The quantitative estimate of drug-likeness (QED) is 0.303. The fourth-order valence-electron chi connectivity index (χ4n) is 1.01. The zero-order valence-electron chi connectivity index (χ0n) is 8.87. The molecule has 4 nitrogen and oxygen atoms in total. The molecule has 0 amide bonds. The second kappa shape index (κ2) is 5.72. The van der Waals surface area contributed by atoms with E-state index in [1.807, 2.05) is 0 Å². The van der Waals surface area contributed by atoms with Gasteiger partial charge in [0, 0.05) is 5.56 Å². The van der Waals surface area contributed by atoms with Crippen molar-refractivity contribution in [3.8, 4) is 0 Å². The number of amidine groups is 1. The first-order chi connectivity index (χ1) is 8.34. The Morgan fingerprint density at radius 1 is 1.33 bits per heavy atom. The first-order valence-corrected chi connectivity index (χ1v) is 5.15. The van der Waals surface area contributed by atoms with Crippen molar-refractivity contribution >= 4 is 23.4 Å². The van der Waals surface area contributed by atoms with E-state index in [0.717, 1.165) is 24.3 Å². The van der Waals surface area contributed by atoms with Crippen molar-refractivity contribution in [3.63, 3.8) is 0 Å². The third-order valence-electron chi connectivity index (χ3n) is 1.86. The van der Waals surface area contributed by atoms with Crippen LogP contribution in [0.4, 0.5) is 13.2 Å². The minimum absolute atomic E-state index is 0.199. The van der Waals surface area contributed by atoms with Crippen LogP contribution in [-0.4, -0.2) is 17.7 Å². The first-order valence-electron chi connectivity index (χ1n) is 4.61. The number of nitrogens with zero attached hydrogens (tertiary/aromatic N) is 1. The molecule has 2 N–H and O–H groups in total. The number of halogens is 4. The number of benzene rings is 1. The highest BCUT2D eigenvalue weighted by atomic mass is 35.5. The summed E-state index contributed by atoms with van der Waals surface area (Å²) >= 11 is 5.14. The Hall–Kier alpha value is -1.76. The van der Waals surface area contributed by atoms with Gasteiger partial charge in [-0.05, 0) is 12.1 Å². The van der Waals surface area contributed by atoms with E-state index in [-0.39, 0.29) is 11.4 Å². The van der Waals surface area contributed by atoms with Gasteiger partial charge in [-0.15, -0.1) is 11.6 Å². The molecule has 0 radical (unpaired) electrons. The van der Waals surface area contributed by atoms with Gasteiger partial charge in [0.05, 0.1) is 5.56 Å². The van der Waals surface area contributed by atoms with Gasteiger partial charge >= 0.3 is 12.1 Å². The summed E-state index contributed by atoms with van der Waals surface area (Å²) in [5, 5.41) is 3.24. The topological polar surface area (TPSA) is 64.7 Å². The lowest BCUT2D eigenvalue weighted by atomic mass is 10.1. The fraction of sp³-hybridized carbons (Fsp3) is 0.200. The molecule has 0 fully saturated rings. The largest absolute Gasteiger partial charge is 0.416 e. The third kappa shape index (κ3) is 3.92. The summed E-state index contributed by atoms with van der Waals surface area (Å²) < 4.78 is 36.8. The van der Waals surface area contributed by atoms with E-state index in [2.05, 4.69) is 9.99 Å². The lowest BCUT2D eigenvalue weighted by Crippen LogP contribution is -2.16. The predicted octanol–water partition coefficient (Wildman–Crippen LogP) is 2.11. The minimum atomic E-state index is -4.42. The summed E-state index contributed by atoms with van der Waals surface area (Å²) in [7, 11) is 0. The van der Waals surface area contributed by atoms with Gasteiger partial charge in [-0.3, -0.25) is 0 Å². The van der Waals surface area contributed by atoms with Gasteiger partial charge in [0.15, 0.2) is 5.84 Å². The number of carbonyl (C=O) groups is 1. The number of rotatable bonds is 3. The Morgan fingerprint density at radius 2 is 1.89 bits per heavy atom. The van der Waals surface area contributed by atoms with Gasteiger partial charge in [-0.25, -0.2) is 4.79 Å². The molecule has 0 aliphatic carbocycles. The molecular formula is C10H8ClF3N2O2. The molecule has 0 aliphatic heterocycles. The van der Waals surface area contributed by atoms with Crippen LogP contribution in [0.2, 0.25) is 0 Å². The summed E-state index contributed by atoms with van der Waals surface area (Å²) in [6.07, 6.45) is -4.42. The molecule has 0 saturated heterocycles. The van der Waals surface area contributed by atoms with E-state index < -0.39 is 23.6 Å². The van der Waals surface area contributed by atoms with Gasteiger partial charge in [-0.1, -0.05) is 17.3 Å². The van der Waals surface area contributed by atoms with Crippen LogP contribution in [0.1, 0.15) is 11.1 Å². The van der Waals surface area contributed by atoms with E-state index >= 15 is 0 Å². The molecule has 0 unspecified atom stereocenters. The third-order valence-corrected chi connectivity index (χ3v) is 2.08. The maximum absolute atomic E-state index is 12.3. The molecule has 0 saturated carbocycles. The molecular weight excluding hydrogens is 273 g/mol. The van der Waals surface area contributed by atoms with Crippen LogP contribution < -0.4 is 5.73 Å². The molecule has 18 heavy (non-hydrogen) atoms. The number of alkyl halides is 4. The van der Waals surface area contributed by atoms with Crippen molar-refractivity contribution in [2.45, 2.75) is 6.18 Å². The summed E-state index contributed by atoms with van der Waals surface area (Å²) in [6, 6.07) is 3.94. The van der Waals surface area contributed by atoms with Crippen LogP contribution >= 0.6 is 11.6 Å². The maximum atomic E-state index is 12.3. The van der Waals surface area contributed by atoms with Crippen molar-refractivity contribution in [2.75, 3.05) is 5.88 Å². The summed E-state index contributed by atoms with van der Waals surface area (Å²) in [5.41, 5.74) is 4.80. The Morgan fingerprint density at radius 3 is 2.33 bits per heavy atom. The second-order valence-corrected chi connectivity index (χ2v) is 3.42. The van der Waals surface area contributed by atoms with Crippen LogP contribution in [-0.2, 0) is 15.8 Å². The molecule has 0 aromatic heterocycles. The standard InChI is InChI=1S/C10H8ClF3N2O2/c11-5-8(17)18-16-9(15)6-1-3-7(4-2-6)10(12,13)14/h1-4H,5H2,(H2,15,16). The van der Waals surface area contributed by atoms with E-state index in [1.54, 1.807) is 0 Å². The van der Waals surface area contributed by atoms with Gasteiger partial charge in [0.1, 0.15) is 5.88 Å². The van der Waals surface area contributed by atoms with Gasteiger partial charge < -0.3 is 10.6 Å². The molecule has 1 aromatic rings. The highest BCUT2D eigenvalue weighted by Crippen LogP contribution is 2.28. The van der Waals surface area contributed by atoms with Crippen LogP contribution in [0.25, 0.3) is 0 Å². The number of hydrogen-bond acceptors (Lipinski definition) is 3. The van der Waals surface area contributed by atoms with E-state index in [4.69, 9.17) is 17.3 Å². The smallest absolute Gasteiger partial charge is 0.380 e. The number of carbonyl (C=O) groups excluding carboxylic acids is 1. The Kier molecular flexibility index (Phi) is 4.55.